The minimum atomic E-state index is -1.85. The lowest BCUT2D eigenvalue weighted by Crippen LogP contribution is -2.45. The molecule has 30 heavy (non-hydrogen) atoms. The monoisotopic (exact) mass is 543 g/mol. The van der Waals surface area contributed by atoms with E-state index in [2.05, 4.69) is 17.2 Å². The van der Waals surface area contributed by atoms with E-state index in [9.17, 15) is 20.1 Å². The molecule has 0 amide bonds. The molecule has 0 aromatic carbocycles. The fourth-order valence-corrected chi connectivity index (χ4v) is 8.77. The van der Waals surface area contributed by atoms with Crippen LogP contribution in [0.15, 0.2) is 55.8 Å². The molecular formula is C22H26INO5S. The molecule has 1 aliphatic carbocycles. The maximum atomic E-state index is 12.0. The van der Waals surface area contributed by atoms with Crippen molar-refractivity contribution in [2.45, 2.75) is 44.2 Å². The summed E-state index contributed by atoms with van der Waals surface area (Å²) in [5, 5.41) is 30.3. The zero-order valence-electron chi connectivity index (χ0n) is 17.1. The molecule has 1 saturated heterocycles. The molecular weight excluding hydrogens is 517 g/mol. The van der Waals surface area contributed by atoms with E-state index in [1.165, 1.54) is 22.7 Å². The zero-order valence-corrected chi connectivity index (χ0v) is 20.1. The first-order chi connectivity index (χ1) is 14.2. The van der Waals surface area contributed by atoms with Gasteiger partial charge >= 0.3 is 0 Å². The van der Waals surface area contributed by atoms with Gasteiger partial charge in [-0.3, -0.25) is 4.79 Å². The third kappa shape index (κ3) is 4.50. The van der Waals surface area contributed by atoms with E-state index in [1.807, 2.05) is 12.3 Å². The van der Waals surface area contributed by atoms with Crippen molar-refractivity contribution in [3.05, 3.63) is 50.8 Å². The van der Waals surface area contributed by atoms with Crippen LogP contribution in [0.1, 0.15) is 20.3 Å². The molecule has 8 heteroatoms. The van der Waals surface area contributed by atoms with E-state index in [1.54, 1.807) is 23.9 Å². The number of aliphatic hydroxyl groups excluding tert-OH is 2. The molecule has 4 atom stereocenters. The van der Waals surface area contributed by atoms with E-state index >= 15 is 0 Å². The number of ketones is 1. The Kier molecular flexibility index (Phi) is 7.40. The van der Waals surface area contributed by atoms with Crippen molar-refractivity contribution in [3.8, 4) is 0 Å². The fraction of sp³-hybridized carbons (Fsp3) is 0.409. The number of aliphatic hydroxyl groups is 3. The SMILES string of the molecule is C=I1=C(SC)N=C2C=C=CC(=O)/C=C\C(=C\CC3O[C@H](CO)[C@@H](O)[C@@]3(C)O)C2=C1C. The standard InChI is InChI=1S/C22H26INO5S/c1-13-19-14(9-11-18-22(2,28)20(27)17(12-25)29-18)8-10-15(26)6-5-7-16(19)24-21(30-4)23(13)3/h6-10,17-18,20,25,27-28H,3,11-12H2,1-2,4H3/b10-8-,14-9-/t5?,17-,18?,20-,22+/m1/s1. The van der Waals surface area contributed by atoms with Crippen LogP contribution in [-0.4, -0.2) is 71.1 Å². The zero-order chi connectivity index (χ0) is 22.1. The van der Waals surface area contributed by atoms with Crippen LogP contribution in [-0.2, 0) is 9.53 Å². The topological polar surface area (TPSA) is 99.4 Å². The summed E-state index contributed by atoms with van der Waals surface area (Å²) in [5.74, 6) is -0.186. The molecule has 0 radical (unpaired) electrons. The number of hydrogen-bond donors (Lipinski definition) is 3. The van der Waals surface area contributed by atoms with Crippen LogP contribution in [0.5, 0.6) is 0 Å². The first kappa shape index (κ1) is 23.4. The van der Waals surface area contributed by atoms with Gasteiger partial charge in [0.2, 0.25) is 0 Å². The molecule has 0 aromatic heterocycles. The van der Waals surface area contributed by atoms with Gasteiger partial charge in [-0.25, -0.2) is 4.99 Å². The third-order valence-electron chi connectivity index (χ3n) is 5.35. The summed E-state index contributed by atoms with van der Waals surface area (Å²) in [7, 11) is 0. The Hall–Kier alpha value is -1.26. The Morgan fingerprint density at radius 2 is 2.17 bits per heavy atom. The third-order valence-corrected chi connectivity index (χ3v) is 12.2. The van der Waals surface area contributed by atoms with E-state index < -0.39 is 42.8 Å². The number of nitrogens with zero attached hydrogens (tertiary/aromatic N) is 1. The highest BCUT2D eigenvalue weighted by atomic mass is 127. The van der Waals surface area contributed by atoms with Gasteiger partial charge < -0.3 is 20.1 Å². The predicted molar refractivity (Wildman–Crippen MR) is 132 cm³/mol. The minimum absolute atomic E-state index is 0.186. The second kappa shape index (κ2) is 9.48. The Bertz CT molecular complexity index is 1020. The molecule has 0 bridgehead atoms. The molecule has 3 N–H and O–H groups in total. The average molecular weight is 543 g/mol. The average Bonchev–Trinajstić information content (AvgIpc) is 2.97. The molecule has 0 spiro atoms. The largest absolute Gasteiger partial charge is 0.394 e. The highest BCUT2D eigenvalue weighted by molar-refractivity contribution is 14.2. The summed E-state index contributed by atoms with van der Waals surface area (Å²) < 4.78 is 12.3. The Morgan fingerprint density at radius 3 is 2.80 bits per heavy atom. The van der Waals surface area contributed by atoms with Crippen molar-refractivity contribution < 1.29 is 24.9 Å². The predicted octanol–water partition coefficient (Wildman–Crippen LogP) is 2.14. The lowest BCUT2D eigenvalue weighted by atomic mass is 9.90. The van der Waals surface area contributed by atoms with Crippen LogP contribution in [0.4, 0.5) is 0 Å². The summed E-state index contributed by atoms with van der Waals surface area (Å²) >= 11 is -0.248. The van der Waals surface area contributed by atoms with E-state index in [-0.39, 0.29) is 12.4 Å². The second-order valence-electron chi connectivity index (χ2n) is 7.33. The molecule has 0 aromatic rings. The van der Waals surface area contributed by atoms with Crippen molar-refractivity contribution >= 4 is 49.6 Å². The van der Waals surface area contributed by atoms with Gasteiger partial charge in [-0.05, 0) is 41.8 Å². The number of ether oxygens (including phenoxy) is 1. The fourth-order valence-electron chi connectivity index (χ4n) is 3.54. The van der Waals surface area contributed by atoms with Crippen LogP contribution in [0.3, 0.4) is 0 Å². The van der Waals surface area contributed by atoms with Crippen LogP contribution in [0.2, 0.25) is 0 Å². The molecule has 6 nitrogen and oxygen atoms in total. The summed E-state index contributed by atoms with van der Waals surface area (Å²) in [6.07, 6.45) is 7.75. The van der Waals surface area contributed by atoms with Crippen molar-refractivity contribution in [1.29, 1.82) is 0 Å². The summed E-state index contributed by atoms with van der Waals surface area (Å²) in [5.41, 5.74) is 3.86. The molecule has 162 valence electrons. The number of fused-ring (bicyclic) bond motifs is 1. The van der Waals surface area contributed by atoms with E-state index in [0.717, 1.165) is 19.8 Å². The molecule has 2 heterocycles. The lowest BCUT2D eigenvalue weighted by Gasteiger charge is -2.26. The van der Waals surface area contributed by atoms with Gasteiger partial charge in [0.05, 0.1) is 18.4 Å². The number of aliphatic imine (C=N–C) groups is 1. The molecule has 1 unspecified atom stereocenters. The number of allylic oxidation sites excluding steroid dienone is 6. The Morgan fingerprint density at radius 1 is 1.43 bits per heavy atom. The van der Waals surface area contributed by atoms with Crippen LogP contribution < -0.4 is 0 Å². The Balaban J connectivity index is 2.06. The van der Waals surface area contributed by atoms with Gasteiger partial charge in [0.25, 0.3) is 0 Å². The van der Waals surface area contributed by atoms with Crippen LogP contribution in [0, 0.1) is 0 Å². The number of hydrogen-bond acceptors (Lipinski definition) is 7. The maximum absolute atomic E-state index is 12.0. The minimum Gasteiger partial charge on any atom is -0.394 e. The molecule has 1 fully saturated rings. The maximum Gasteiger partial charge on any atom is 0.186 e. The number of carbonyl (C=O) groups is 1. The summed E-state index contributed by atoms with van der Waals surface area (Å²) in [6, 6.07) is 0. The molecule has 3 aliphatic rings. The molecule has 2 aliphatic heterocycles. The second-order valence-corrected chi connectivity index (χ2v) is 13.6. The summed E-state index contributed by atoms with van der Waals surface area (Å²) in [6.45, 7) is 3.19. The van der Waals surface area contributed by atoms with E-state index in [0.29, 0.717) is 6.42 Å². The van der Waals surface area contributed by atoms with Gasteiger partial charge in [0, 0.05) is 17.7 Å². The first-order valence-corrected chi connectivity index (χ1v) is 14.3. The number of rotatable bonds is 4. The quantitative estimate of drug-likeness (QED) is 0.372. The molecule has 0 saturated carbocycles. The van der Waals surface area contributed by atoms with Gasteiger partial charge in [0.1, 0.15) is 20.8 Å². The van der Waals surface area contributed by atoms with Crippen molar-refractivity contribution in [3.63, 3.8) is 0 Å². The lowest BCUT2D eigenvalue weighted by molar-refractivity contribution is -0.110. The normalized spacial score (nSPS) is 34.7. The number of carbonyl (C=O) groups excluding carboxylic acids is 1. The van der Waals surface area contributed by atoms with E-state index in [4.69, 9.17) is 9.73 Å². The Labute approximate surface area is 186 Å². The highest BCUT2D eigenvalue weighted by Gasteiger charge is 2.51. The summed E-state index contributed by atoms with van der Waals surface area (Å²) in [4.78, 5) is 16.8. The van der Waals surface area contributed by atoms with Gasteiger partial charge in [-0.15, -0.1) is 17.5 Å². The van der Waals surface area contributed by atoms with Crippen molar-refractivity contribution in [1.82, 2.24) is 0 Å². The smallest absolute Gasteiger partial charge is 0.186 e. The van der Waals surface area contributed by atoms with Crippen molar-refractivity contribution in [2.24, 2.45) is 4.99 Å². The van der Waals surface area contributed by atoms with Gasteiger partial charge in [0.15, 0.2) is 5.78 Å². The van der Waals surface area contributed by atoms with Crippen LogP contribution in [0.25, 0.3) is 0 Å². The number of halogens is 1. The highest BCUT2D eigenvalue weighted by Crippen LogP contribution is 2.39. The van der Waals surface area contributed by atoms with Crippen molar-refractivity contribution in [2.75, 3.05) is 12.9 Å². The van der Waals surface area contributed by atoms with Gasteiger partial charge in [-0.2, -0.15) is 0 Å². The number of thioether (sulfide) groups is 1. The van der Waals surface area contributed by atoms with Gasteiger partial charge in [-0.1, -0.05) is 35.5 Å². The first-order valence-electron chi connectivity index (χ1n) is 9.42. The molecule has 3 rings (SSSR count). The van der Waals surface area contributed by atoms with Crippen LogP contribution >= 0.6 is 30.6 Å².